The van der Waals surface area contributed by atoms with E-state index >= 15 is 0 Å². The number of hydrogen-bond donors (Lipinski definition) is 2. The number of carboxylic acids is 1. The van der Waals surface area contributed by atoms with E-state index in [1.807, 2.05) is 0 Å². The van der Waals surface area contributed by atoms with Crippen molar-refractivity contribution in [3.05, 3.63) is 56.4 Å². The maximum absolute atomic E-state index is 12.8. The number of fused-ring (bicyclic) bond motifs is 1. The second-order valence-electron chi connectivity index (χ2n) is 6.62. The average molecular weight is 399 g/mol. The van der Waals surface area contributed by atoms with Gasteiger partial charge in [0.1, 0.15) is 4.83 Å². The number of anilines is 1. The zero-order valence-corrected chi connectivity index (χ0v) is 16.7. The molecular weight excluding hydrogens is 378 g/mol. The van der Waals surface area contributed by atoms with Crippen molar-refractivity contribution in [1.82, 2.24) is 9.55 Å². The Bertz CT molecular complexity index is 1130. The molecule has 2 heterocycles. The van der Waals surface area contributed by atoms with Crippen molar-refractivity contribution in [3.8, 4) is 0 Å². The van der Waals surface area contributed by atoms with Gasteiger partial charge in [-0.05, 0) is 43.5 Å². The van der Waals surface area contributed by atoms with E-state index in [9.17, 15) is 14.4 Å². The summed E-state index contributed by atoms with van der Waals surface area (Å²) >= 11 is 1.16. The molecule has 7 nitrogen and oxygen atoms in total. The Balaban J connectivity index is 1.98. The van der Waals surface area contributed by atoms with Crippen LogP contribution in [0.3, 0.4) is 0 Å². The summed E-state index contributed by atoms with van der Waals surface area (Å²) in [5, 5.41) is 12.4. The van der Waals surface area contributed by atoms with Crippen LogP contribution in [0.15, 0.2) is 29.3 Å². The number of thiophene rings is 1. The highest BCUT2D eigenvalue weighted by Crippen LogP contribution is 2.28. The van der Waals surface area contributed by atoms with Crippen LogP contribution in [0.25, 0.3) is 10.2 Å². The van der Waals surface area contributed by atoms with E-state index < -0.39 is 5.97 Å². The number of carboxylic acid groups (broad SMARTS) is 1. The first-order valence-electron chi connectivity index (χ1n) is 8.97. The van der Waals surface area contributed by atoms with Crippen molar-refractivity contribution < 1.29 is 14.7 Å². The Labute approximate surface area is 165 Å². The van der Waals surface area contributed by atoms with E-state index in [-0.39, 0.29) is 17.0 Å². The highest BCUT2D eigenvalue weighted by atomic mass is 32.1. The number of nitrogens with zero attached hydrogens (tertiary/aromatic N) is 2. The van der Waals surface area contributed by atoms with Crippen LogP contribution in [0.4, 0.5) is 5.69 Å². The highest BCUT2D eigenvalue weighted by molar-refractivity contribution is 7.20. The van der Waals surface area contributed by atoms with Crippen molar-refractivity contribution in [1.29, 1.82) is 0 Å². The summed E-state index contributed by atoms with van der Waals surface area (Å²) in [6.45, 7) is 6.17. The quantitative estimate of drug-likeness (QED) is 0.656. The molecule has 3 rings (SSSR count). The van der Waals surface area contributed by atoms with Gasteiger partial charge < -0.3 is 10.4 Å². The summed E-state index contributed by atoms with van der Waals surface area (Å²) in [5.74, 6) is -1.45. The molecule has 0 bridgehead atoms. The number of rotatable bonds is 6. The molecule has 0 saturated heterocycles. The lowest BCUT2D eigenvalue weighted by Gasteiger charge is -2.09. The number of unbranched alkanes of at least 4 members (excludes halogenated alkanes) is 1. The van der Waals surface area contributed by atoms with Gasteiger partial charge in [-0.1, -0.05) is 19.4 Å². The summed E-state index contributed by atoms with van der Waals surface area (Å²) in [6, 6.07) is 4.56. The summed E-state index contributed by atoms with van der Waals surface area (Å²) in [6.07, 6.45) is 3.37. The Kier molecular flexibility index (Phi) is 5.60. The molecule has 2 aromatic heterocycles. The summed E-state index contributed by atoms with van der Waals surface area (Å²) in [4.78, 5) is 42.0. The van der Waals surface area contributed by atoms with Crippen LogP contribution < -0.4 is 10.9 Å². The molecule has 0 aliphatic carbocycles. The standard InChI is InChI=1S/C20H21N3O4S/c1-4-5-8-23-10-21-18-15(19(23)25)12(3)16(28-18)17(24)22-14-9-13(20(26)27)7-6-11(14)2/h6-7,9-10H,4-5,8H2,1-3H3,(H,22,24)(H,26,27). The predicted octanol–water partition coefficient (Wildman–Crippen LogP) is 3.83. The lowest BCUT2D eigenvalue weighted by molar-refractivity contribution is 0.0696. The van der Waals surface area contributed by atoms with E-state index in [1.54, 1.807) is 24.5 Å². The van der Waals surface area contributed by atoms with E-state index in [0.717, 1.165) is 29.7 Å². The highest BCUT2D eigenvalue weighted by Gasteiger charge is 2.20. The summed E-state index contributed by atoms with van der Waals surface area (Å²) in [5.41, 5.74) is 1.71. The molecule has 0 radical (unpaired) electrons. The predicted molar refractivity (Wildman–Crippen MR) is 110 cm³/mol. The number of aromatic carboxylic acids is 1. The first kappa shape index (κ1) is 19.8. The molecule has 0 aliphatic heterocycles. The van der Waals surface area contributed by atoms with Gasteiger partial charge in [-0.2, -0.15) is 0 Å². The van der Waals surface area contributed by atoms with E-state index in [1.165, 1.54) is 18.5 Å². The molecule has 0 atom stereocenters. The van der Waals surface area contributed by atoms with Gasteiger partial charge in [0, 0.05) is 12.2 Å². The number of hydrogen-bond acceptors (Lipinski definition) is 5. The molecule has 0 unspecified atom stereocenters. The SMILES string of the molecule is CCCCn1cnc2sc(C(=O)Nc3cc(C(=O)O)ccc3C)c(C)c2c1=O. The molecule has 3 aromatic rings. The zero-order valence-electron chi connectivity index (χ0n) is 15.9. The Morgan fingerprint density at radius 1 is 1.29 bits per heavy atom. The number of carbonyl (C=O) groups excluding carboxylic acids is 1. The Morgan fingerprint density at radius 2 is 2.04 bits per heavy atom. The van der Waals surface area contributed by atoms with Crippen LogP contribution in [0, 0.1) is 13.8 Å². The minimum Gasteiger partial charge on any atom is -0.478 e. The molecule has 0 spiro atoms. The van der Waals surface area contributed by atoms with Crippen molar-refractivity contribution in [3.63, 3.8) is 0 Å². The van der Waals surface area contributed by atoms with Gasteiger partial charge in [0.05, 0.1) is 22.2 Å². The molecule has 0 fully saturated rings. The van der Waals surface area contributed by atoms with Gasteiger partial charge in [0.2, 0.25) is 0 Å². The van der Waals surface area contributed by atoms with Crippen LogP contribution in [0.5, 0.6) is 0 Å². The monoisotopic (exact) mass is 399 g/mol. The summed E-state index contributed by atoms with van der Waals surface area (Å²) < 4.78 is 1.58. The van der Waals surface area contributed by atoms with Crippen LogP contribution in [-0.4, -0.2) is 26.5 Å². The average Bonchev–Trinajstić information content (AvgIpc) is 3.00. The first-order chi connectivity index (χ1) is 13.3. The number of amides is 1. The fraction of sp³-hybridized carbons (Fsp3) is 0.300. The van der Waals surface area contributed by atoms with E-state index in [2.05, 4.69) is 17.2 Å². The smallest absolute Gasteiger partial charge is 0.335 e. The molecule has 8 heteroatoms. The van der Waals surface area contributed by atoms with Crippen LogP contribution >= 0.6 is 11.3 Å². The number of aryl methyl sites for hydroxylation is 3. The van der Waals surface area contributed by atoms with Crippen molar-refractivity contribution in [2.75, 3.05) is 5.32 Å². The summed E-state index contributed by atoms with van der Waals surface area (Å²) in [7, 11) is 0. The minimum atomic E-state index is -1.06. The van der Waals surface area contributed by atoms with Crippen molar-refractivity contribution in [2.45, 2.75) is 40.2 Å². The van der Waals surface area contributed by atoms with Crippen LogP contribution in [0.1, 0.15) is 50.9 Å². The first-order valence-corrected chi connectivity index (χ1v) is 9.79. The van der Waals surface area contributed by atoms with Gasteiger partial charge >= 0.3 is 5.97 Å². The topological polar surface area (TPSA) is 101 Å². The molecule has 146 valence electrons. The van der Waals surface area contributed by atoms with Crippen molar-refractivity contribution in [2.24, 2.45) is 0 Å². The maximum atomic E-state index is 12.8. The van der Waals surface area contributed by atoms with Crippen LogP contribution in [0.2, 0.25) is 0 Å². The number of nitrogens with one attached hydrogen (secondary N) is 1. The normalized spacial score (nSPS) is 11.0. The third kappa shape index (κ3) is 3.68. The fourth-order valence-corrected chi connectivity index (χ4v) is 3.97. The Morgan fingerprint density at radius 3 is 2.71 bits per heavy atom. The second-order valence-corrected chi connectivity index (χ2v) is 7.62. The van der Waals surface area contributed by atoms with Gasteiger partial charge in [0.25, 0.3) is 11.5 Å². The number of benzene rings is 1. The lowest BCUT2D eigenvalue weighted by atomic mass is 10.1. The Hall–Kier alpha value is -3.00. The second kappa shape index (κ2) is 7.93. The molecule has 0 saturated carbocycles. The maximum Gasteiger partial charge on any atom is 0.335 e. The molecule has 0 aliphatic rings. The van der Waals surface area contributed by atoms with Crippen LogP contribution in [-0.2, 0) is 6.54 Å². The van der Waals surface area contributed by atoms with Gasteiger partial charge in [0.15, 0.2) is 0 Å². The number of aromatic nitrogens is 2. The third-order valence-electron chi connectivity index (χ3n) is 4.61. The molecule has 28 heavy (non-hydrogen) atoms. The largest absolute Gasteiger partial charge is 0.478 e. The molecule has 1 amide bonds. The third-order valence-corrected chi connectivity index (χ3v) is 5.81. The molecule has 2 N–H and O–H groups in total. The van der Waals surface area contributed by atoms with Gasteiger partial charge in [-0.15, -0.1) is 11.3 Å². The van der Waals surface area contributed by atoms with Gasteiger partial charge in [-0.3, -0.25) is 14.2 Å². The minimum absolute atomic E-state index is 0.0921. The zero-order chi connectivity index (χ0) is 20.4. The van der Waals surface area contributed by atoms with E-state index in [0.29, 0.717) is 32.9 Å². The molecular formula is C20H21N3O4S. The van der Waals surface area contributed by atoms with E-state index in [4.69, 9.17) is 5.11 Å². The lowest BCUT2D eigenvalue weighted by Crippen LogP contribution is -2.20. The van der Waals surface area contributed by atoms with Crippen molar-refractivity contribution >= 4 is 39.1 Å². The number of carbonyl (C=O) groups is 2. The molecule has 1 aromatic carbocycles. The van der Waals surface area contributed by atoms with Gasteiger partial charge in [-0.25, -0.2) is 9.78 Å². The fourth-order valence-electron chi connectivity index (χ4n) is 2.93.